The van der Waals surface area contributed by atoms with Crippen LogP contribution in [-0.2, 0) is 14.3 Å². The first kappa shape index (κ1) is 28.4. The summed E-state index contributed by atoms with van der Waals surface area (Å²) in [5, 5.41) is 34.2. The number of aliphatic hydroxyl groups is 3. The van der Waals surface area contributed by atoms with Gasteiger partial charge in [0.15, 0.2) is 0 Å². The van der Waals surface area contributed by atoms with Crippen LogP contribution in [0.4, 0.5) is 0 Å². The number of esters is 1. The van der Waals surface area contributed by atoms with Gasteiger partial charge in [-0.1, -0.05) is 39.8 Å². The SMILES string of the molecule is Cc1nc(/C=C(\CO)[C@@H]2C/C=C\CCC[C@H](C)C(O)[C@@H](C)C(=O)C(C)(C)[C@@H](O)CC(=O)O2)cs1. The number of aromatic nitrogens is 1. The Morgan fingerprint density at radius 1 is 1.26 bits per heavy atom. The Balaban J connectivity index is 2.32. The summed E-state index contributed by atoms with van der Waals surface area (Å²) >= 11 is 1.49. The second-order valence-corrected chi connectivity index (χ2v) is 10.9. The zero-order chi connectivity index (χ0) is 25.5. The Hall–Kier alpha value is -1.87. The number of cyclic esters (lactones) is 1. The second kappa shape index (κ2) is 12.7. The van der Waals surface area contributed by atoms with Crippen LogP contribution in [0.25, 0.3) is 6.08 Å². The lowest BCUT2D eigenvalue weighted by Gasteiger charge is -2.34. The first-order valence-electron chi connectivity index (χ1n) is 12.0. The summed E-state index contributed by atoms with van der Waals surface area (Å²) < 4.78 is 5.68. The number of hydrogen-bond acceptors (Lipinski definition) is 8. The molecule has 0 aromatic carbocycles. The summed E-state index contributed by atoms with van der Waals surface area (Å²) in [7, 11) is 0. The molecule has 1 aliphatic heterocycles. The summed E-state index contributed by atoms with van der Waals surface area (Å²) in [6, 6.07) is 0. The predicted molar refractivity (Wildman–Crippen MR) is 133 cm³/mol. The topological polar surface area (TPSA) is 117 Å². The molecule has 8 heteroatoms. The van der Waals surface area contributed by atoms with Gasteiger partial charge < -0.3 is 20.1 Å². The van der Waals surface area contributed by atoms with Crippen molar-refractivity contribution in [2.45, 2.75) is 85.0 Å². The Morgan fingerprint density at radius 2 is 1.97 bits per heavy atom. The highest BCUT2D eigenvalue weighted by molar-refractivity contribution is 7.09. The molecular formula is C26H39NO6S. The van der Waals surface area contributed by atoms with E-state index in [0.29, 0.717) is 17.7 Å². The van der Waals surface area contributed by atoms with Crippen LogP contribution in [0.2, 0.25) is 0 Å². The minimum Gasteiger partial charge on any atom is -0.457 e. The average molecular weight is 494 g/mol. The van der Waals surface area contributed by atoms with E-state index in [9.17, 15) is 24.9 Å². The zero-order valence-corrected chi connectivity index (χ0v) is 21.7. The molecule has 0 radical (unpaired) electrons. The molecule has 1 unspecified atom stereocenters. The molecule has 2 heterocycles. The molecule has 0 aliphatic carbocycles. The summed E-state index contributed by atoms with van der Waals surface area (Å²) in [6.07, 6.45) is 5.23. The molecule has 3 N–H and O–H groups in total. The molecular weight excluding hydrogens is 454 g/mol. The van der Waals surface area contributed by atoms with E-state index in [4.69, 9.17) is 4.74 Å². The number of allylic oxidation sites excluding steroid dienone is 1. The molecule has 0 spiro atoms. The molecule has 2 rings (SSSR count). The minimum atomic E-state index is -1.27. The Labute approximate surface area is 206 Å². The molecule has 7 nitrogen and oxygen atoms in total. The van der Waals surface area contributed by atoms with Crippen LogP contribution < -0.4 is 0 Å². The summed E-state index contributed by atoms with van der Waals surface area (Å²) in [6.45, 7) is 8.37. The number of carbonyl (C=O) groups excluding carboxylic acids is 2. The van der Waals surface area contributed by atoms with Crippen LogP contribution in [0.3, 0.4) is 0 Å². The highest BCUT2D eigenvalue weighted by atomic mass is 32.1. The number of Topliss-reactive ketones (excluding diaryl/α,β-unsaturated/α-hetero) is 1. The maximum Gasteiger partial charge on any atom is 0.309 e. The van der Waals surface area contributed by atoms with E-state index >= 15 is 0 Å². The number of aryl methyl sites for hydroxylation is 1. The molecule has 1 aromatic heterocycles. The quantitative estimate of drug-likeness (QED) is 0.432. The molecule has 0 bridgehead atoms. The van der Waals surface area contributed by atoms with Crippen LogP contribution in [0.15, 0.2) is 23.1 Å². The number of hydrogen-bond donors (Lipinski definition) is 3. The number of nitrogens with zero attached hydrogens (tertiary/aromatic N) is 1. The third kappa shape index (κ3) is 7.57. The van der Waals surface area contributed by atoms with Gasteiger partial charge in [-0.25, -0.2) is 4.98 Å². The third-order valence-corrected chi connectivity index (χ3v) is 7.52. The van der Waals surface area contributed by atoms with Gasteiger partial charge in [-0.15, -0.1) is 11.3 Å². The van der Waals surface area contributed by atoms with Gasteiger partial charge >= 0.3 is 5.97 Å². The van der Waals surface area contributed by atoms with Crippen molar-refractivity contribution in [3.05, 3.63) is 33.8 Å². The first-order chi connectivity index (χ1) is 16.0. The van der Waals surface area contributed by atoms with E-state index in [2.05, 4.69) is 4.98 Å². The van der Waals surface area contributed by atoms with Gasteiger partial charge in [0.2, 0.25) is 0 Å². The Morgan fingerprint density at radius 3 is 2.59 bits per heavy atom. The van der Waals surface area contributed by atoms with Crippen molar-refractivity contribution in [3.8, 4) is 0 Å². The molecule has 0 saturated heterocycles. The highest BCUT2D eigenvalue weighted by Gasteiger charge is 2.42. The second-order valence-electron chi connectivity index (χ2n) is 9.85. The van der Waals surface area contributed by atoms with Gasteiger partial charge in [-0.3, -0.25) is 9.59 Å². The van der Waals surface area contributed by atoms with Crippen molar-refractivity contribution >= 4 is 29.2 Å². The third-order valence-electron chi connectivity index (χ3n) is 6.72. The number of carbonyl (C=O) groups is 2. The average Bonchev–Trinajstić information content (AvgIpc) is 3.20. The number of ketones is 1. The molecule has 5 atom stereocenters. The standard InChI is InChI=1S/C26H39NO6S/c1-16-10-8-6-7-9-11-21(19(14-28)12-20-15-34-18(3)27-20)33-23(30)13-22(29)26(4,5)25(32)17(2)24(16)31/h7,9,12,15-17,21-22,24,28-29,31H,6,8,10-11,13-14H2,1-5H3/b9-7-,19-12+/t16-,17+,21-,22-,24?/m0/s1. The predicted octanol–water partition coefficient (Wildman–Crippen LogP) is 3.85. The van der Waals surface area contributed by atoms with Gasteiger partial charge in [0.1, 0.15) is 11.9 Å². The fourth-order valence-corrected chi connectivity index (χ4v) is 4.81. The van der Waals surface area contributed by atoms with E-state index in [1.807, 2.05) is 31.4 Å². The van der Waals surface area contributed by atoms with E-state index in [1.54, 1.807) is 26.8 Å². The first-order valence-corrected chi connectivity index (χ1v) is 12.8. The maximum atomic E-state index is 13.1. The molecule has 0 fully saturated rings. The monoisotopic (exact) mass is 493 g/mol. The molecule has 190 valence electrons. The largest absolute Gasteiger partial charge is 0.457 e. The number of thiazole rings is 1. The summed E-state index contributed by atoms with van der Waals surface area (Å²) in [5.74, 6) is -1.69. The number of ether oxygens (including phenoxy) is 1. The van der Waals surface area contributed by atoms with E-state index in [0.717, 1.165) is 24.3 Å². The van der Waals surface area contributed by atoms with E-state index < -0.39 is 35.6 Å². The zero-order valence-electron chi connectivity index (χ0n) is 20.9. The van der Waals surface area contributed by atoms with Gasteiger partial charge in [-0.2, -0.15) is 0 Å². The van der Waals surface area contributed by atoms with E-state index in [1.165, 1.54) is 11.3 Å². The highest BCUT2D eigenvalue weighted by Crippen LogP contribution is 2.32. The minimum absolute atomic E-state index is 0.0728. The van der Waals surface area contributed by atoms with Gasteiger partial charge in [0, 0.05) is 17.7 Å². The van der Waals surface area contributed by atoms with Crippen LogP contribution in [0.1, 0.15) is 70.5 Å². The Kier molecular flexibility index (Phi) is 10.6. The Bertz CT molecular complexity index is 890. The van der Waals surface area contributed by atoms with Crippen LogP contribution in [-0.4, -0.2) is 57.0 Å². The van der Waals surface area contributed by atoms with Gasteiger partial charge in [0.05, 0.1) is 41.4 Å². The molecule has 0 saturated carbocycles. The lowest BCUT2D eigenvalue weighted by molar-refractivity contribution is -0.154. The van der Waals surface area contributed by atoms with Crippen LogP contribution in [0.5, 0.6) is 0 Å². The van der Waals surface area contributed by atoms with Crippen molar-refractivity contribution in [2.24, 2.45) is 17.3 Å². The van der Waals surface area contributed by atoms with Crippen molar-refractivity contribution in [3.63, 3.8) is 0 Å². The maximum absolute atomic E-state index is 13.1. The molecule has 1 aromatic rings. The molecule has 0 amide bonds. The van der Waals surface area contributed by atoms with Crippen LogP contribution >= 0.6 is 11.3 Å². The summed E-state index contributed by atoms with van der Waals surface area (Å²) in [5.41, 5.74) is -0.0361. The van der Waals surface area contributed by atoms with Crippen molar-refractivity contribution in [1.82, 2.24) is 4.98 Å². The van der Waals surface area contributed by atoms with Crippen molar-refractivity contribution in [2.75, 3.05) is 6.61 Å². The lowest BCUT2D eigenvalue weighted by atomic mass is 9.73. The fraction of sp³-hybridized carbons (Fsp3) is 0.654. The number of rotatable bonds is 3. The van der Waals surface area contributed by atoms with Crippen LogP contribution in [0, 0.1) is 24.2 Å². The number of aliphatic hydroxyl groups excluding tert-OH is 3. The van der Waals surface area contributed by atoms with Crippen molar-refractivity contribution < 1.29 is 29.6 Å². The van der Waals surface area contributed by atoms with E-state index in [-0.39, 0.29) is 24.7 Å². The van der Waals surface area contributed by atoms with Crippen molar-refractivity contribution in [1.29, 1.82) is 0 Å². The normalized spacial score (nSPS) is 31.2. The molecule has 34 heavy (non-hydrogen) atoms. The summed E-state index contributed by atoms with van der Waals surface area (Å²) in [4.78, 5) is 30.3. The van der Waals surface area contributed by atoms with Gasteiger partial charge in [0.25, 0.3) is 0 Å². The fourth-order valence-electron chi connectivity index (χ4n) is 4.24. The smallest absolute Gasteiger partial charge is 0.309 e. The lowest BCUT2D eigenvalue weighted by Crippen LogP contribution is -2.45. The molecule has 1 aliphatic rings. The van der Waals surface area contributed by atoms with Gasteiger partial charge in [-0.05, 0) is 43.8 Å².